The molecule has 0 fully saturated rings. The summed E-state index contributed by atoms with van der Waals surface area (Å²) >= 11 is 0. The second kappa shape index (κ2) is 5.94. The Kier molecular flexibility index (Phi) is 4.86. The maximum atomic E-state index is 13.3. The Bertz CT molecular complexity index is 371. The van der Waals surface area contributed by atoms with Gasteiger partial charge in [0, 0.05) is 22.8 Å². The molecule has 0 aromatic heterocycles. The van der Waals surface area contributed by atoms with Crippen molar-refractivity contribution in [2.24, 2.45) is 0 Å². The monoisotopic (exact) mass is 248 g/mol. The number of aryl methyl sites for hydroxylation is 1. The first kappa shape index (κ1) is 13.1. The molecule has 0 spiro atoms. The van der Waals surface area contributed by atoms with Gasteiger partial charge in [-0.05, 0) is 31.0 Å². The first-order valence-corrected chi connectivity index (χ1v) is 6.62. The highest BCUT2D eigenvalue weighted by atomic mass is 32.2. The first-order valence-electron chi connectivity index (χ1n) is 4.89. The molecule has 1 rings (SSSR count). The maximum absolute atomic E-state index is 13.3. The standard InChI is InChI=1S/C11H14F2O2S/c1-8-6-9(12)11(10(13)7-8)15-4-3-5-16(2)14/h6-7H,3-5H2,1-2H3. The summed E-state index contributed by atoms with van der Waals surface area (Å²) in [5.74, 6) is -1.28. The minimum Gasteiger partial charge on any atom is -0.488 e. The number of hydrogen-bond acceptors (Lipinski definition) is 2. The molecule has 0 saturated carbocycles. The van der Waals surface area contributed by atoms with Gasteiger partial charge in [0.05, 0.1) is 6.61 Å². The second-order valence-electron chi connectivity index (χ2n) is 3.54. The summed E-state index contributed by atoms with van der Waals surface area (Å²) in [7, 11) is -0.905. The number of rotatable bonds is 5. The van der Waals surface area contributed by atoms with Crippen molar-refractivity contribution in [1.29, 1.82) is 0 Å². The van der Waals surface area contributed by atoms with Crippen molar-refractivity contribution >= 4 is 10.8 Å². The highest BCUT2D eigenvalue weighted by Crippen LogP contribution is 2.22. The van der Waals surface area contributed by atoms with E-state index in [1.54, 1.807) is 13.2 Å². The molecule has 0 aliphatic carbocycles. The predicted octanol–water partition coefficient (Wildman–Crippen LogP) is 2.42. The molecular formula is C11H14F2O2S. The van der Waals surface area contributed by atoms with Gasteiger partial charge in [-0.1, -0.05) is 0 Å². The van der Waals surface area contributed by atoms with E-state index in [-0.39, 0.29) is 12.4 Å². The van der Waals surface area contributed by atoms with Gasteiger partial charge in [0.15, 0.2) is 17.4 Å². The van der Waals surface area contributed by atoms with E-state index in [4.69, 9.17) is 4.74 Å². The van der Waals surface area contributed by atoms with E-state index in [0.29, 0.717) is 17.7 Å². The SMILES string of the molecule is Cc1cc(F)c(OCCCS(C)=O)c(F)c1. The van der Waals surface area contributed by atoms with Crippen molar-refractivity contribution in [3.63, 3.8) is 0 Å². The van der Waals surface area contributed by atoms with Crippen molar-refractivity contribution in [3.8, 4) is 5.75 Å². The zero-order chi connectivity index (χ0) is 12.1. The van der Waals surface area contributed by atoms with Gasteiger partial charge in [0.2, 0.25) is 0 Å². The van der Waals surface area contributed by atoms with Crippen molar-refractivity contribution in [1.82, 2.24) is 0 Å². The molecule has 0 heterocycles. The number of halogens is 2. The van der Waals surface area contributed by atoms with Gasteiger partial charge in [-0.25, -0.2) is 8.78 Å². The van der Waals surface area contributed by atoms with Crippen LogP contribution in [0.1, 0.15) is 12.0 Å². The molecule has 0 N–H and O–H groups in total. The molecule has 90 valence electrons. The summed E-state index contributed by atoms with van der Waals surface area (Å²) in [6.45, 7) is 1.77. The van der Waals surface area contributed by atoms with Crippen LogP contribution in [0, 0.1) is 18.6 Å². The second-order valence-corrected chi connectivity index (χ2v) is 5.09. The van der Waals surface area contributed by atoms with Crippen molar-refractivity contribution < 1.29 is 17.7 Å². The normalized spacial score (nSPS) is 12.5. The Hall–Kier alpha value is -0.970. The lowest BCUT2D eigenvalue weighted by atomic mass is 10.2. The van der Waals surface area contributed by atoms with Gasteiger partial charge in [0.1, 0.15) is 0 Å². The highest BCUT2D eigenvalue weighted by molar-refractivity contribution is 7.84. The third-order valence-electron chi connectivity index (χ3n) is 1.97. The average molecular weight is 248 g/mol. The highest BCUT2D eigenvalue weighted by Gasteiger charge is 2.10. The predicted molar refractivity (Wildman–Crippen MR) is 60.1 cm³/mol. The van der Waals surface area contributed by atoms with E-state index < -0.39 is 22.4 Å². The molecule has 2 nitrogen and oxygen atoms in total. The van der Waals surface area contributed by atoms with Gasteiger partial charge < -0.3 is 4.74 Å². The van der Waals surface area contributed by atoms with Crippen molar-refractivity contribution in [2.45, 2.75) is 13.3 Å². The first-order chi connectivity index (χ1) is 7.50. The molecule has 5 heteroatoms. The maximum Gasteiger partial charge on any atom is 0.190 e. The Morgan fingerprint density at radius 1 is 1.31 bits per heavy atom. The van der Waals surface area contributed by atoms with Crippen LogP contribution in [0.4, 0.5) is 8.78 Å². The van der Waals surface area contributed by atoms with E-state index >= 15 is 0 Å². The molecular weight excluding hydrogens is 234 g/mol. The topological polar surface area (TPSA) is 26.3 Å². The van der Waals surface area contributed by atoms with Crippen LogP contribution in [0.15, 0.2) is 12.1 Å². The van der Waals surface area contributed by atoms with Crippen LogP contribution in [0.2, 0.25) is 0 Å². The average Bonchev–Trinajstić information content (AvgIpc) is 2.14. The van der Waals surface area contributed by atoms with Crippen LogP contribution >= 0.6 is 0 Å². The third kappa shape index (κ3) is 3.89. The quantitative estimate of drug-likeness (QED) is 0.748. The largest absolute Gasteiger partial charge is 0.488 e. The lowest BCUT2D eigenvalue weighted by Crippen LogP contribution is -2.05. The fourth-order valence-electron chi connectivity index (χ4n) is 1.26. The molecule has 0 aliphatic rings. The molecule has 0 bridgehead atoms. The summed E-state index contributed by atoms with van der Waals surface area (Å²) in [6.07, 6.45) is 2.09. The van der Waals surface area contributed by atoms with Crippen LogP contribution in [-0.4, -0.2) is 22.8 Å². The Balaban J connectivity index is 2.57. The molecule has 0 amide bonds. The number of benzene rings is 1. The number of hydrogen-bond donors (Lipinski definition) is 0. The molecule has 16 heavy (non-hydrogen) atoms. The Morgan fingerprint density at radius 3 is 2.38 bits per heavy atom. The number of ether oxygens (including phenoxy) is 1. The van der Waals surface area contributed by atoms with Crippen molar-refractivity contribution in [2.75, 3.05) is 18.6 Å². The van der Waals surface area contributed by atoms with Gasteiger partial charge in [-0.15, -0.1) is 0 Å². The summed E-state index contributed by atoms with van der Waals surface area (Å²) in [5, 5.41) is 0. The fourth-order valence-corrected chi connectivity index (χ4v) is 1.79. The van der Waals surface area contributed by atoms with Crippen LogP contribution < -0.4 is 4.74 Å². The molecule has 0 saturated heterocycles. The molecule has 1 unspecified atom stereocenters. The van der Waals surface area contributed by atoms with Gasteiger partial charge in [-0.2, -0.15) is 0 Å². The molecule has 1 aromatic rings. The lowest BCUT2D eigenvalue weighted by Gasteiger charge is -2.08. The van der Waals surface area contributed by atoms with Gasteiger partial charge in [0.25, 0.3) is 0 Å². The van der Waals surface area contributed by atoms with Crippen LogP contribution in [0.5, 0.6) is 5.75 Å². The Morgan fingerprint density at radius 2 is 1.88 bits per heavy atom. The zero-order valence-electron chi connectivity index (χ0n) is 9.26. The Labute approximate surface area is 96.1 Å². The van der Waals surface area contributed by atoms with Crippen LogP contribution in [0.3, 0.4) is 0 Å². The molecule has 0 aliphatic heterocycles. The summed E-state index contributed by atoms with van der Waals surface area (Å²) in [4.78, 5) is 0. The van der Waals surface area contributed by atoms with Crippen LogP contribution in [-0.2, 0) is 10.8 Å². The van der Waals surface area contributed by atoms with Crippen molar-refractivity contribution in [3.05, 3.63) is 29.3 Å². The van der Waals surface area contributed by atoms with E-state index in [0.717, 1.165) is 0 Å². The molecule has 1 aromatic carbocycles. The molecule has 1 atom stereocenters. The summed E-state index contributed by atoms with van der Waals surface area (Å²) in [6, 6.07) is 2.44. The van der Waals surface area contributed by atoms with E-state index in [2.05, 4.69) is 0 Å². The van der Waals surface area contributed by atoms with E-state index in [1.165, 1.54) is 12.1 Å². The minimum atomic E-state index is -0.905. The molecule has 0 radical (unpaired) electrons. The zero-order valence-corrected chi connectivity index (χ0v) is 10.1. The minimum absolute atomic E-state index is 0.163. The summed E-state index contributed by atoms with van der Waals surface area (Å²) < 4.78 is 42.3. The van der Waals surface area contributed by atoms with E-state index in [1.807, 2.05) is 0 Å². The van der Waals surface area contributed by atoms with E-state index in [9.17, 15) is 13.0 Å². The fraction of sp³-hybridized carbons (Fsp3) is 0.455. The van der Waals surface area contributed by atoms with Gasteiger partial charge >= 0.3 is 0 Å². The summed E-state index contributed by atoms with van der Waals surface area (Å²) in [5.41, 5.74) is 0.511. The lowest BCUT2D eigenvalue weighted by molar-refractivity contribution is 0.285. The smallest absolute Gasteiger partial charge is 0.190 e. The van der Waals surface area contributed by atoms with Crippen LogP contribution in [0.25, 0.3) is 0 Å². The third-order valence-corrected chi connectivity index (χ3v) is 2.83. The van der Waals surface area contributed by atoms with Gasteiger partial charge in [-0.3, -0.25) is 4.21 Å².